The lowest BCUT2D eigenvalue weighted by atomic mass is 9.76. The van der Waals surface area contributed by atoms with Crippen molar-refractivity contribution in [3.8, 4) is 0 Å². The number of nitrogens with zero attached hydrogens (tertiary/aromatic N) is 1. The van der Waals surface area contributed by atoms with Crippen LogP contribution in [0.5, 0.6) is 0 Å². The Bertz CT molecular complexity index is 234. The van der Waals surface area contributed by atoms with Gasteiger partial charge in [-0.3, -0.25) is 4.90 Å². The molecule has 1 heterocycles. The predicted molar refractivity (Wildman–Crippen MR) is 78.9 cm³/mol. The molecule has 1 saturated carbocycles. The summed E-state index contributed by atoms with van der Waals surface area (Å²) in [5, 5.41) is 3.65. The molecule has 2 nitrogen and oxygen atoms in total. The van der Waals surface area contributed by atoms with Crippen molar-refractivity contribution in [3.05, 3.63) is 0 Å². The molecule has 0 amide bonds. The van der Waals surface area contributed by atoms with Crippen molar-refractivity contribution in [1.29, 1.82) is 0 Å². The maximum absolute atomic E-state index is 3.65. The molecule has 1 N–H and O–H groups in total. The van der Waals surface area contributed by atoms with Gasteiger partial charge in [-0.2, -0.15) is 0 Å². The summed E-state index contributed by atoms with van der Waals surface area (Å²) in [6.07, 6.45) is 8.45. The van der Waals surface area contributed by atoms with E-state index < -0.39 is 0 Å². The third-order valence-corrected chi connectivity index (χ3v) is 4.54. The van der Waals surface area contributed by atoms with Gasteiger partial charge in [0, 0.05) is 25.7 Å². The van der Waals surface area contributed by atoms with Crippen molar-refractivity contribution in [1.82, 2.24) is 10.2 Å². The van der Waals surface area contributed by atoms with Gasteiger partial charge in [-0.1, -0.05) is 27.2 Å². The minimum absolute atomic E-state index is 0.574. The number of nitrogens with one attached hydrogen (secondary N) is 1. The van der Waals surface area contributed by atoms with Crippen LogP contribution in [0.1, 0.15) is 59.3 Å². The largest absolute Gasteiger partial charge is 0.316 e. The van der Waals surface area contributed by atoms with Crippen LogP contribution < -0.4 is 5.32 Å². The van der Waals surface area contributed by atoms with Gasteiger partial charge in [0.1, 0.15) is 0 Å². The van der Waals surface area contributed by atoms with Crippen LogP contribution in [0.2, 0.25) is 0 Å². The molecule has 0 aromatic carbocycles. The number of hydrogen-bond acceptors (Lipinski definition) is 2. The Hall–Kier alpha value is -0.0800. The van der Waals surface area contributed by atoms with E-state index in [-0.39, 0.29) is 0 Å². The summed E-state index contributed by atoms with van der Waals surface area (Å²) in [6.45, 7) is 12.2. The van der Waals surface area contributed by atoms with Gasteiger partial charge in [-0.15, -0.1) is 0 Å². The van der Waals surface area contributed by atoms with Crippen molar-refractivity contribution < 1.29 is 0 Å². The van der Waals surface area contributed by atoms with Crippen LogP contribution in [-0.2, 0) is 0 Å². The van der Waals surface area contributed by atoms with E-state index in [0.29, 0.717) is 5.41 Å². The smallest absolute Gasteiger partial charge is 0.00967 e. The van der Waals surface area contributed by atoms with Crippen molar-refractivity contribution in [2.45, 2.75) is 65.3 Å². The molecule has 1 saturated heterocycles. The summed E-state index contributed by atoms with van der Waals surface area (Å²) in [6, 6.07) is 0.919. The van der Waals surface area contributed by atoms with Crippen molar-refractivity contribution in [3.63, 3.8) is 0 Å². The van der Waals surface area contributed by atoms with E-state index in [4.69, 9.17) is 0 Å². The van der Waals surface area contributed by atoms with E-state index in [1.807, 2.05) is 0 Å². The third-order valence-electron chi connectivity index (χ3n) is 4.54. The molecule has 0 aromatic rings. The molecule has 1 aliphatic heterocycles. The van der Waals surface area contributed by atoms with Gasteiger partial charge in [0.05, 0.1) is 0 Å². The highest BCUT2D eigenvalue weighted by atomic mass is 15.2. The standard InChI is InChI=1S/C16H32N2/c1-4-8-16(9-5-10-17-12-16)13-18(11-14(2)3)15-6-7-15/h14-15,17H,4-13H2,1-3H3. The summed E-state index contributed by atoms with van der Waals surface area (Å²) >= 11 is 0. The lowest BCUT2D eigenvalue weighted by molar-refractivity contribution is 0.0928. The minimum Gasteiger partial charge on any atom is -0.316 e. The van der Waals surface area contributed by atoms with E-state index in [1.165, 1.54) is 64.7 Å². The molecule has 2 heteroatoms. The summed E-state index contributed by atoms with van der Waals surface area (Å²) in [5.74, 6) is 0.806. The summed E-state index contributed by atoms with van der Waals surface area (Å²) < 4.78 is 0. The second-order valence-corrected chi connectivity index (χ2v) is 7.08. The molecule has 106 valence electrons. The lowest BCUT2D eigenvalue weighted by Crippen LogP contribution is -2.49. The van der Waals surface area contributed by atoms with Gasteiger partial charge >= 0.3 is 0 Å². The van der Waals surface area contributed by atoms with Crippen LogP contribution in [0.15, 0.2) is 0 Å². The first-order valence-electron chi connectivity index (χ1n) is 8.10. The zero-order valence-electron chi connectivity index (χ0n) is 12.7. The first-order chi connectivity index (χ1) is 8.65. The highest BCUT2D eigenvalue weighted by Crippen LogP contribution is 2.37. The first-order valence-corrected chi connectivity index (χ1v) is 8.10. The van der Waals surface area contributed by atoms with Crippen molar-refractivity contribution >= 4 is 0 Å². The van der Waals surface area contributed by atoms with E-state index in [2.05, 4.69) is 31.0 Å². The Balaban J connectivity index is 1.96. The molecule has 2 fully saturated rings. The van der Waals surface area contributed by atoms with Gasteiger partial charge in [0.2, 0.25) is 0 Å². The Labute approximate surface area is 114 Å². The summed E-state index contributed by atoms with van der Waals surface area (Å²) in [4.78, 5) is 2.81. The average Bonchev–Trinajstić information content (AvgIpc) is 3.13. The Morgan fingerprint density at radius 1 is 1.33 bits per heavy atom. The van der Waals surface area contributed by atoms with Crippen LogP contribution in [0, 0.1) is 11.3 Å². The second-order valence-electron chi connectivity index (χ2n) is 7.08. The van der Waals surface area contributed by atoms with Crippen LogP contribution in [0.4, 0.5) is 0 Å². The van der Waals surface area contributed by atoms with Gasteiger partial charge < -0.3 is 5.32 Å². The zero-order valence-corrected chi connectivity index (χ0v) is 12.7. The van der Waals surface area contributed by atoms with Crippen LogP contribution in [0.25, 0.3) is 0 Å². The van der Waals surface area contributed by atoms with E-state index in [9.17, 15) is 0 Å². The minimum atomic E-state index is 0.574. The number of piperidine rings is 1. The Kier molecular flexibility index (Phi) is 5.08. The molecule has 0 spiro atoms. The average molecular weight is 252 g/mol. The second kappa shape index (κ2) is 6.38. The van der Waals surface area contributed by atoms with Crippen LogP contribution >= 0.6 is 0 Å². The molecular weight excluding hydrogens is 220 g/mol. The fraction of sp³-hybridized carbons (Fsp3) is 1.00. The molecule has 0 radical (unpaired) electrons. The maximum Gasteiger partial charge on any atom is 0.00967 e. The molecular formula is C16H32N2. The third kappa shape index (κ3) is 3.96. The van der Waals surface area contributed by atoms with Gasteiger partial charge in [-0.25, -0.2) is 0 Å². The Morgan fingerprint density at radius 3 is 2.61 bits per heavy atom. The molecule has 0 bridgehead atoms. The topological polar surface area (TPSA) is 15.3 Å². The van der Waals surface area contributed by atoms with Crippen molar-refractivity contribution in [2.24, 2.45) is 11.3 Å². The fourth-order valence-corrected chi connectivity index (χ4v) is 3.67. The quantitative estimate of drug-likeness (QED) is 0.748. The van der Waals surface area contributed by atoms with Gasteiger partial charge in [0.25, 0.3) is 0 Å². The SMILES string of the molecule is CCCC1(CN(CC(C)C)C2CC2)CCCNC1. The molecule has 2 rings (SSSR count). The molecule has 1 unspecified atom stereocenters. The lowest BCUT2D eigenvalue weighted by Gasteiger charge is -2.42. The predicted octanol–water partition coefficient (Wildman–Crippen LogP) is 3.28. The van der Waals surface area contributed by atoms with Gasteiger partial charge in [0.15, 0.2) is 0 Å². The molecule has 0 aromatic heterocycles. The molecule has 1 aliphatic carbocycles. The van der Waals surface area contributed by atoms with Crippen LogP contribution in [0.3, 0.4) is 0 Å². The highest BCUT2D eigenvalue weighted by molar-refractivity contribution is 4.93. The van der Waals surface area contributed by atoms with E-state index >= 15 is 0 Å². The molecule has 18 heavy (non-hydrogen) atoms. The molecule has 2 aliphatic rings. The summed E-state index contributed by atoms with van der Waals surface area (Å²) in [5.41, 5.74) is 0.574. The molecule has 1 atom stereocenters. The van der Waals surface area contributed by atoms with Gasteiger partial charge in [-0.05, 0) is 50.0 Å². The first kappa shape index (κ1) is 14.3. The zero-order chi connectivity index (χ0) is 13.0. The monoisotopic (exact) mass is 252 g/mol. The van der Waals surface area contributed by atoms with E-state index in [0.717, 1.165) is 12.0 Å². The van der Waals surface area contributed by atoms with E-state index in [1.54, 1.807) is 0 Å². The normalized spacial score (nSPS) is 29.2. The maximum atomic E-state index is 3.65. The number of rotatable bonds is 7. The Morgan fingerprint density at radius 2 is 2.11 bits per heavy atom. The fourth-order valence-electron chi connectivity index (χ4n) is 3.67. The number of hydrogen-bond donors (Lipinski definition) is 1. The summed E-state index contributed by atoms with van der Waals surface area (Å²) in [7, 11) is 0. The van der Waals surface area contributed by atoms with Crippen LogP contribution in [-0.4, -0.2) is 37.1 Å². The van der Waals surface area contributed by atoms with Crippen molar-refractivity contribution in [2.75, 3.05) is 26.2 Å². The highest BCUT2D eigenvalue weighted by Gasteiger charge is 2.38.